The number of aromatic nitrogens is 2. The minimum Gasteiger partial charge on any atom is -0.338 e. The van der Waals surface area contributed by atoms with Gasteiger partial charge in [0.05, 0.1) is 29.7 Å². The van der Waals surface area contributed by atoms with Gasteiger partial charge < -0.3 is 5.32 Å². The number of benzene rings is 1. The highest BCUT2D eigenvalue weighted by Crippen LogP contribution is 2.40. The fourth-order valence-electron chi connectivity index (χ4n) is 3.75. The van der Waals surface area contributed by atoms with Crippen LogP contribution in [0.4, 0.5) is 24.7 Å². The van der Waals surface area contributed by atoms with E-state index in [1.807, 2.05) is 18.2 Å². The van der Waals surface area contributed by atoms with E-state index >= 15 is 0 Å². The molecule has 2 aliphatic rings. The SMILES string of the molecule is FC(F)(F)c1ccccc1CNN1C=NC2=C(C1)c1ccncc1Nc1ncccc12. The van der Waals surface area contributed by atoms with Crippen molar-refractivity contribution in [1.29, 1.82) is 0 Å². The van der Waals surface area contributed by atoms with Gasteiger partial charge >= 0.3 is 6.18 Å². The summed E-state index contributed by atoms with van der Waals surface area (Å²) in [6.45, 7) is 0.434. The quantitative estimate of drug-likeness (QED) is 0.652. The summed E-state index contributed by atoms with van der Waals surface area (Å²) in [4.78, 5) is 13.2. The normalized spacial score (nSPS) is 15.0. The predicted molar refractivity (Wildman–Crippen MR) is 112 cm³/mol. The number of hydrogen-bond acceptors (Lipinski definition) is 6. The number of pyridine rings is 2. The number of aliphatic imine (C=N–C) groups is 1. The lowest BCUT2D eigenvalue weighted by Gasteiger charge is -2.27. The van der Waals surface area contributed by atoms with E-state index in [1.54, 1.807) is 36.0 Å². The van der Waals surface area contributed by atoms with Crippen molar-refractivity contribution in [1.82, 2.24) is 20.4 Å². The van der Waals surface area contributed by atoms with E-state index in [1.165, 1.54) is 12.1 Å². The van der Waals surface area contributed by atoms with Gasteiger partial charge in [0.15, 0.2) is 0 Å². The molecule has 9 heteroatoms. The molecule has 1 aromatic carbocycles. The molecule has 6 nitrogen and oxygen atoms in total. The number of nitrogens with zero attached hydrogens (tertiary/aromatic N) is 4. The highest BCUT2D eigenvalue weighted by molar-refractivity contribution is 6.03. The Balaban J connectivity index is 1.45. The molecule has 0 aliphatic carbocycles. The Morgan fingerprint density at radius 3 is 2.77 bits per heavy atom. The molecule has 4 heterocycles. The first kappa shape index (κ1) is 19.3. The van der Waals surface area contributed by atoms with Crippen LogP contribution in [0.25, 0.3) is 11.3 Å². The molecule has 5 rings (SSSR count). The van der Waals surface area contributed by atoms with Crippen molar-refractivity contribution in [2.75, 3.05) is 11.9 Å². The van der Waals surface area contributed by atoms with Gasteiger partial charge in [0, 0.05) is 35.6 Å². The van der Waals surface area contributed by atoms with Crippen LogP contribution in [-0.4, -0.2) is 27.9 Å². The minimum atomic E-state index is -4.40. The van der Waals surface area contributed by atoms with E-state index in [-0.39, 0.29) is 12.1 Å². The Morgan fingerprint density at radius 1 is 1.03 bits per heavy atom. The molecular formula is C22H17F3N6. The molecule has 0 spiro atoms. The minimum absolute atomic E-state index is 0.0178. The molecule has 0 atom stereocenters. The largest absolute Gasteiger partial charge is 0.416 e. The summed E-state index contributed by atoms with van der Waals surface area (Å²) in [6, 6.07) is 11.2. The van der Waals surface area contributed by atoms with Gasteiger partial charge in [-0.3, -0.25) is 9.99 Å². The number of anilines is 2. The topological polar surface area (TPSA) is 65.4 Å². The summed E-state index contributed by atoms with van der Waals surface area (Å²) in [6.07, 6.45) is 2.31. The van der Waals surface area contributed by atoms with Crippen molar-refractivity contribution in [3.8, 4) is 0 Å². The first-order valence-electron chi connectivity index (χ1n) is 9.60. The van der Waals surface area contributed by atoms with Crippen LogP contribution in [0.1, 0.15) is 22.3 Å². The van der Waals surface area contributed by atoms with Crippen LogP contribution < -0.4 is 10.7 Å². The molecule has 0 fully saturated rings. The molecule has 0 saturated carbocycles. The Bertz CT molecular complexity index is 1200. The van der Waals surface area contributed by atoms with Gasteiger partial charge in [0.1, 0.15) is 12.2 Å². The van der Waals surface area contributed by atoms with Crippen molar-refractivity contribution in [2.45, 2.75) is 12.7 Å². The van der Waals surface area contributed by atoms with E-state index in [0.29, 0.717) is 12.4 Å². The molecule has 156 valence electrons. The Labute approximate surface area is 176 Å². The second kappa shape index (κ2) is 7.51. The number of hydrazine groups is 1. The fraction of sp³-hybridized carbons (Fsp3) is 0.136. The van der Waals surface area contributed by atoms with E-state index in [9.17, 15) is 13.2 Å². The summed E-state index contributed by atoms with van der Waals surface area (Å²) in [7, 11) is 0. The molecule has 2 aromatic heterocycles. The van der Waals surface area contributed by atoms with E-state index in [4.69, 9.17) is 0 Å². The number of nitrogens with one attached hydrogen (secondary N) is 2. The number of alkyl halides is 3. The first-order chi connectivity index (χ1) is 15.0. The summed E-state index contributed by atoms with van der Waals surface area (Å²) < 4.78 is 39.9. The van der Waals surface area contributed by atoms with Crippen LogP contribution in [-0.2, 0) is 12.7 Å². The average Bonchev–Trinajstić information content (AvgIpc) is 2.91. The van der Waals surface area contributed by atoms with Gasteiger partial charge in [-0.2, -0.15) is 13.2 Å². The molecule has 0 unspecified atom stereocenters. The number of fused-ring (bicyclic) bond motifs is 4. The summed E-state index contributed by atoms with van der Waals surface area (Å²) in [5.74, 6) is 0.680. The van der Waals surface area contributed by atoms with Crippen LogP contribution >= 0.6 is 0 Å². The lowest BCUT2D eigenvalue weighted by molar-refractivity contribution is -0.138. The zero-order valence-electron chi connectivity index (χ0n) is 16.2. The monoisotopic (exact) mass is 422 g/mol. The van der Waals surface area contributed by atoms with Gasteiger partial charge in [0.25, 0.3) is 0 Å². The summed E-state index contributed by atoms with van der Waals surface area (Å²) in [5.41, 5.74) is 6.85. The molecule has 2 N–H and O–H groups in total. The standard InChI is InChI=1S/C22H17F3N6/c23-22(24,25)18-6-2-1-4-14(18)10-29-31-12-17-15-7-9-26-11-19(15)30-21-16(5-3-8-27-21)20(17)28-13-31/h1-9,11,13,29H,10,12H2,(H,27,30). The summed E-state index contributed by atoms with van der Waals surface area (Å²) >= 11 is 0. The highest BCUT2D eigenvalue weighted by atomic mass is 19.4. The fourth-order valence-corrected chi connectivity index (χ4v) is 3.75. The second-order valence-electron chi connectivity index (χ2n) is 7.14. The van der Waals surface area contributed by atoms with Crippen molar-refractivity contribution in [3.63, 3.8) is 0 Å². The highest BCUT2D eigenvalue weighted by Gasteiger charge is 2.33. The maximum Gasteiger partial charge on any atom is 0.416 e. The zero-order chi connectivity index (χ0) is 21.4. The Kier molecular flexibility index (Phi) is 4.67. The van der Waals surface area contributed by atoms with E-state index < -0.39 is 11.7 Å². The third-order valence-electron chi connectivity index (χ3n) is 5.20. The van der Waals surface area contributed by atoms with Gasteiger partial charge in [-0.25, -0.2) is 15.4 Å². The van der Waals surface area contributed by atoms with Gasteiger partial charge in [-0.05, 0) is 29.8 Å². The van der Waals surface area contributed by atoms with Gasteiger partial charge in [0.2, 0.25) is 0 Å². The molecule has 0 amide bonds. The third-order valence-corrected chi connectivity index (χ3v) is 5.20. The predicted octanol–water partition coefficient (Wildman–Crippen LogP) is 4.47. The Hall–Kier alpha value is -3.72. The molecule has 31 heavy (non-hydrogen) atoms. The third kappa shape index (κ3) is 3.64. The van der Waals surface area contributed by atoms with E-state index in [0.717, 1.165) is 34.2 Å². The van der Waals surface area contributed by atoms with Crippen LogP contribution in [0.2, 0.25) is 0 Å². The first-order valence-corrected chi connectivity index (χ1v) is 9.60. The molecule has 3 aromatic rings. The molecule has 0 saturated heterocycles. The van der Waals surface area contributed by atoms with Crippen molar-refractivity contribution in [2.24, 2.45) is 4.99 Å². The van der Waals surface area contributed by atoms with Crippen LogP contribution in [0.5, 0.6) is 0 Å². The van der Waals surface area contributed by atoms with Crippen molar-refractivity contribution < 1.29 is 13.2 Å². The summed E-state index contributed by atoms with van der Waals surface area (Å²) in [5, 5.41) is 5.00. The smallest absolute Gasteiger partial charge is 0.338 e. The maximum atomic E-state index is 13.3. The Morgan fingerprint density at radius 2 is 1.90 bits per heavy atom. The van der Waals surface area contributed by atoms with Crippen LogP contribution in [0, 0.1) is 0 Å². The zero-order valence-corrected chi connectivity index (χ0v) is 16.2. The second-order valence-corrected chi connectivity index (χ2v) is 7.14. The van der Waals surface area contributed by atoms with E-state index in [2.05, 4.69) is 25.7 Å². The number of hydrogen-bond donors (Lipinski definition) is 2. The molecule has 2 aliphatic heterocycles. The van der Waals surface area contributed by atoms with Crippen molar-refractivity contribution in [3.05, 3.63) is 83.3 Å². The lowest BCUT2D eigenvalue weighted by Crippen LogP contribution is -2.39. The number of halogens is 3. The maximum absolute atomic E-state index is 13.3. The molecular weight excluding hydrogens is 405 g/mol. The average molecular weight is 422 g/mol. The molecule has 0 bridgehead atoms. The number of rotatable bonds is 3. The van der Waals surface area contributed by atoms with Crippen LogP contribution in [0.3, 0.4) is 0 Å². The molecule has 0 radical (unpaired) electrons. The van der Waals surface area contributed by atoms with Crippen molar-refractivity contribution >= 4 is 29.1 Å². The van der Waals surface area contributed by atoms with Gasteiger partial charge in [-0.15, -0.1) is 0 Å². The lowest BCUT2D eigenvalue weighted by atomic mass is 10.0. The van der Waals surface area contributed by atoms with Crippen LogP contribution in [0.15, 0.2) is 66.0 Å². The van der Waals surface area contributed by atoms with Gasteiger partial charge in [-0.1, -0.05) is 18.2 Å².